The van der Waals surface area contributed by atoms with E-state index in [1.54, 1.807) is 50.5 Å². The fourth-order valence-corrected chi connectivity index (χ4v) is 2.78. The van der Waals surface area contributed by atoms with Crippen molar-refractivity contribution in [3.63, 3.8) is 0 Å². The fourth-order valence-electron chi connectivity index (χ4n) is 2.66. The number of carbonyl (C=O) groups is 3. The molecule has 0 saturated heterocycles. The van der Waals surface area contributed by atoms with E-state index >= 15 is 0 Å². The summed E-state index contributed by atoms with van der Waals surface area (Å²) in [5.41, 5.74) is 0.197. The first-order valence-electron chi connectivity index (χ1n) is 8.76. The SMILES string of the molecule is Cc1cc(=O)c(C(=O)OCC(=O)NC(=O)c2cccn2C)nn1-c1ccc(Cl)cc1. The van der Waals surface area contributed by atoms with Crippen LogP contribution in [0, 0.1) is 6.92 Å². The monoisotopic (exact) mass is 428 g/mol. The predicted octanol–water partition coefficient (Wildman–Crippen LogP) is 1.65. The van der Waals surface area contributed by atoms with Crippen LogP contribution >= 0.6 is 11.6 Å². The molecule has 0 unspecified atom stereocenters. The molecule has 0 fully saturated rings. The number of aryl methyl sites for hydroxylation is 2. The summed E-state index contributed by atoms with van der Waals surface area (Å²) in [6.07, 6.45) is 1.65. The molecule has 0 spiro atoms. The zero-order valence-electron chi connectivity index (χ0n) is 16.1. The number of carbonyl (C=O) groups excluding carboxylic acids is 3. The number of amides is 2. The Kier molecular flexibility index (Phi) is 6.12. The normalized spacial score (nSPS) is 10.5. The molecule has 9 nitrogen and oxygen atoms in total. The lowest BCUT2D eigenvalue weighted by atomic mass is 10.3. The molecule has 3 aromatic rings. The van der Waals surface area contributed by atoms with Crippen molar-refractivity contribution < 1.29 is 19.1 Å². The third-order valence-electron chi connectivity index (χ3n) is 4.14. The van der Waals surface area contributed by atoms with Crippen molar-refractivity contribution in [2.24, 2.45) is 7.05 Å². The molecule has 1 N–H and O–H groups in total. The summed E-state index contributed by atoms with van der Waals surface area (Å²) in [6.45, 7) is 0.908. The lowest BCUT2D eigenvalue weighted by Gasteiger charge is -2.11. The number of nitrogens with one attached hydrogen (secondary N) is 1. The van der Waals surface area contributed by atoms with Crippen molar-refractivity contribution in [3.8, 4) is 5.69 Å². The number of nitrogens with zero attached hydrogens (tertiary/aromatic N) is 3. The first kappa shape index (κ1) is 21.0. The summed E-state index contributed by atoms with van der Waals surface area (Å²) >= 11 is 5.88. The summed E-state index contributed by atoms with van der Waals surface area (Å²) in [5.74, 6) is -2.55. The number of halogens is 1. The molecule has 0 saturated carbocycles. The molecule has 2 heterocycles. The van der Waals surface area contributed by atoms with Crippen LogP contribution in [0.15, 0.2) is 53.5 Å². The summed E-state index contributed by atoms with van der Waals surface area (Å²) in [6, 6.07) is 11.0. The van der Waals surface area contributed by atoms with Crippen LogP contribution in [0.25, 0.3) is 5.69 Å². The van der Waals surface area contributed by atoms with Gasteiger partial charge in [-0.1, -0.05) is 11.6 Å². The second-order valence-electron chi connectivity index (χ2n) is 6.34. The molecule has 0 bridgehead atoms. The standard InChI is InChI=1S/C20H17ClN4O5/c1-12-10-16(26)18(23-25(12)14-7-5-13(21)6-8-14)20(29)30-11-17(27)22-19(28)15-4-3-9-24(15)2/h3-10H,11H2,1-2H3,(H,22,27,28). The van der Waals surface area contributed by atoms with Gasteiger partial charge in [0.15, 0.2) is 6.61 Å². The van der Waals surface area contributed by atoms with Crippen LogP contribution in [-0.2, 0) is 16.6 Å². The van der Waals surface area contributed by atoms with Crippen LogP contribution in [0.5, 0.6) is 0 Å². The molecule has 154 valence electrons. The molecule has 0 aliphatic heterocycles. The molecule has 3 rings (SSSR count). The van der Waals surface area contributed by atoms with Crippen LogP contribution < -0.4 is 10.7 Å². The highest BCUT2D eigenvalue weighted by Crippen LogP contribution is 2.14. The lowest BCUT2D eigenvalue weighted by Crippen LogP contribution is -2.35. The van der Waals surface area contributed by atoms with Crippen molar-refractivity contribution in [2.45, 2.75) is 6.92 Å². The highest BCUT2D eigenvalue weighted by molar-refractivity contribution is 6.30. The van der Waals surface area contributed by atoms with Gasteiger partial charge in [0.25, 0.3) is 11.8 Å². The summed E-state index contributed by atoms with van der Waals surface area (Å²) < 4.78 is 7.78. The lowest BCUT2D eigenvalue weighted by molar-refractivity contribution is -0.123. The van der Waals surface area contributed by atoms with Gasteiger partial charge in [0, 0.05) is 30.0 Å². The van der Waals surface area contributed by atoms with E-state index in [9.17, 15) is 19.2 Å². The van der Waals surface area contributed by atoms with Gasteiger partial charge in [-0.2, -0.15) is 5.10 Å². The molecule has 1 aromatic carbocycles. The molecular weight excluding hydrogens is 412 g/mol. The Bertz CT molecular complexity index is 1180. The van der Waals surface area contributed by atoms with Gasteiger partial charge in [0.2, 0.25) is 11.1 Å². The molecule has 0 aliphatic carbocycles. The Balaban J connectivity index is 1.70. The van der Waals surface area contributed by atoms with Gasteiger partial charge in [-0.3, -0.25) is 19.7 Å². The second-order valence-corrected chi connectivity index (χ2v) is 6.78. The molecule has 0 aliphatic rings. The smallest absolute Gasteiger partial charge is 0.363 e. The minimum absolute atomic E-state index is 0.265. The van der Waals surface area contributed by atoms with E-state index in [2.05, 4.69) is 10.4 Å². The minimum atomic E-state index is -1.08. The van der Waals surface area contributed by atoms with Gasteiger partial charge in [-0.15, -0.1) is 0 Å². The molecule has 0 atom stereocenters. The van der Waals surface area contributed by atoms with Gasteiger partial charge >= 0.3 is 5.97 Å². The number of benzene rings is 1. The summed E-state index contributed by atoms with van der Waals surface area (Å²) in [7, 11) is 1.65. The zero-order valence-corrected chi connectivity index (χ0v) is 16.8. The maximum Gasteiger partial charge on any atom is 0.363 e. The highest BCUT2D eigenvalue weighted by Gasteiger charge is 2.19. The van der Waals surface area contributed by atoms with Gasteiger partial charge in [-0.25, -0.2) is 9.48 Å². The number of imide groups is 1. The fraction of sp³-hybridized carbons (Fsp3) is 0.150. The van der Waals surface area contributed by atoms with Crippen LogP contribution in [0.4, 0.5) is 0 Å². The average molecular weight is 429 g/mol. The van der Waals surface area contributed by atoms with E-state index in [1.165, 1.54) is 21.4 Å². The summed E-state index contributed by atoms with van der Waals surface area (Å²) in [5, 5.41) is 6.67. The Morgan fingerprint density at radius 3 is 2.50 bits per heavy atom. The number of hydrogen-bond donors (Lipinski definition) is 1. The van der Waals surface area contributed by atoms with E-state index in [-0.39, 0.29) is 5.69 Å². The third kappa shape index (κ3) is 4.64. The van der Waals surface area contributed by atoms with Crippen molar-refractivity contribution in [1.29, 1.82) is 0 Å². The van der Waals surface area contributed by atoms with Gasteiger partial charge < -0.3 is 9.30 Å². The number of hydrogen-bond acceptors (Lipinski definition) is 6. The molecule has 2 amide bonds. The molecular formula is C20H17ClN4O5. The quantitative estimate of drug-likeness (QED) is 0.618. The van der Waals surface area contributed by atoms with Gasteiger partial charge in [-0.05, 0) is 43.3 Å². The van der Waals surface area contributed by atoms with Crippen molar-refractivity contribution in [2.75, 3.05) is 6.61 Å². The van der Waals surface area contributed by atoms with Crippen LogP contribution in [0.2, 0.25) is 5.02 Å². The van der Waals surface area contributed by atoms with Crippen molar-refractivity contribution in [1.82, 2.24) is 19.7 Å². The molecule has 10 heteroatoms. The summed E-state index contributed by atoms with van der Waals surface area (Å²) in [4.78, 5) is 48.4. The third-order valence-corrected chi connectivity index (χ3v) is 4.39. The van der Waals surface area contributed by atoms with Gasteiger partial charge in [0.1, 0.15) is 5.69 Å². The molecule has 2 aromatic heterocycles. The zero-order chi connectivity index (χ0) is 21.8. The Labute approximate surface area is 175 Å². The number of ether oxygens (including phenoxy) is 1. The van der Waals surface area contributed by atoms with E-state index in [4.69, 9.17) is 16.3 Å². The predicted molar refractivity (Wildman–Crippen MR) is 108 cm³/mol. The Morgan fingerprint density at radius 1 is 1.17 bits per heavy atom. The number of esters is 1. The van der Waals surface area contributed by atoms with Crippen molar-refractivity contribution >= 4 is 29.4 Å². The first-order chi connectivity index (χ1) is 14.3. The minimum Gasteiger partial charge on any atom is -0.451 e. The highest BCUT2D eigenvalue weighted by atomic mass is 35.5. The van der Waals surface area contributed by atoms with E-state index in [0.29, 0.717) is 16.4 Å². The van der Waals surface area contributed by atoms with Crippen LogP contribution in [-0.4, -0.2) is 38.7 Å². The van der Waals surface area contributed by atoms with Crippen LogP contribution in [0.1, 0.15) is 26.7 Å². The topological polar surface area (TPSA) is 112 Å². The van der Waals surface area contributed by atoms with E-state index in [0.717, 1.165) is 0 Å². The number of rotatable bonds is 5. The maximum absolute atomic E-state index is 12.3. The molecule has 0 radical (unpaired) electrons. The Hall–Kier alpha value is -3.72. The molecule has 30 heavy (non-hydrogen) atoms. The maximum atomic E-state index is 12.3. The van der Waals surface area contributed by atoms with E-state index < -0.39 is 35.5 Å². The Morgan fingerprint density at radius 2 is 1.87 bits per heavy atom. The number of aromatic nitrogens is 3. The van der Waals surface area contributed by atoms with Crippen molar-refractivity contribution in [3.05, 3.63) is 81.0 Å². The van der Waals surface area contributed by atoms with Crippen LogP contribution in [0.3, 0.4) is 0 Å². The van der Waals surface area contributed by atoms with Gasteiger partial charge in [0.05, 0.1) is 5.69 Å². The van der Waals surface area contributed by atoms with E-state index in [1.807, 2.05) is 0 Å². The largest absolute Gasteiger partial charge is 0.451 e. The second kappa shape index (κ2) is 8.75. The average Bonchev–Trinajstić information content (AvgIpc) is 3.13. The first-order valence-corrected chi connectivity index (χ1v) is 9.13.